The minimum atomic E-state index is -0.554. The normalized spacial score (nSPS) is 10.2. The summed E-state index contributed by atoms with van der Waals surface area (Å²) >= 11 is 1.11. The van der Waals surface area contributed by atoms with Gasteiger partial charge in [0.05, 0.1) is 19.4 Å². The molecule has 0 bridgehead atoms. The molecule has 1 aromatic rings. The molecule has 1 rings (SSSR count). The fourth-order valence-corrected chi connectivity index (χ4v) is 2.65. The number of rotatable bonds is 7. The molecule has 112 valence electrons. The molecule has 1 aromatic heterocycles. The highest BCUT2D eigenvalue weighted by atomic mass is 32.1. The van der Waals surface area contributed by atoms with Crippen LogP contribution in [0.15, 0.2) is 0 Å². The lowest BCUT2D eigenvalue weighted by molar-refractivity contribution is 0.0529. The van der Waals surface area contributed by atoms with E-state index in [9.17, 15) is 9.59 Å². The summed E-state index contributed by atoms with van der Waals surface area (Å²) in [6.07, 6.45) is 1.97. The van der Waals surface area contributed by atoms with E-state index in [1.807, 2.05) is 0 Å². The Labute approximate surface area is 122 Å². The third-order valence-corrected chi connectivity index (χ3v) is 3.75. The molecule has 0 aliphatic carbocycles. The number of nitrogen functional groups attached to an aromatic ring is 1. The molecule has 0 aliphatic rings. The van der Waals surface area contributed by atoms with E-state index in [1.54, 1.807) is 6.92 Å². The highest BCUT2D eigenvalue weighted by Crippen LogP contribution is 2.36. The summed E-state index contributed by atoms with van der Waals surface area (Å²) in [5.41, 5.74) is 6.21. The Morgan fingerprint density at radius 2 is 2.00 bits per heavy atom. The zero-order chi connectivity index (χ0) is 15.1. The largest absolute Gasteiger partial charge is 0.465 e. The van der Waals surface area contributed by atoms with Crippen LogP contribution in [0.2, 0.25) is 0 Å². The maximum atomic E-state index is 12.0. The quantitative estimate of drug-likeness (QED) is 0.594. The molecule has 20 heavy (non-hydrogen) atoms. The molecule has 3 N–H and O–H groups in total. The molecule has 0 unspecified atom stereocenters. The molecular weight excluding hydrogens is 280 g/mol. The van der Waals surface area contributed by atoms with Crippen molar-refractivity contribution in [2.75, 3.05) is 31.3 Å². The van der Waals surface area contributed by atoms with Gasteiger partial charge in [-0.1, -0.05) is 13.3 Å². The molecule has 7 heteroatoms. The first-order valence-corrected chi connectivity index (χ1v) is 7.29. The lowest BCUT2D eigenvalue weighted by Crippen LogP contribution is -2.11. The van der Waals surface area contributed by atoms with Crippen LogP contribution in [0.4, 0.5) is 10.7 Å². The Morgan fingerprint density at radius 3 is 2.55 bits per heavy atom. The summed E-state index contributed by atoms with van der Waals surface area (Å²) in [6, 6.07) is 0. The van der Waals surface area contributed by atoms with Gasteiger partial charge in [-0.25, -0.2) is 9.59 Å². The third kappa shape index (κ3) is 3.63. The van der Waals surface area contributed by atoms with Crippen LogP contribution in [0.5, 0.6) is 0 Å². The second-order valence-corrected chi connectivity index (χ2v) is 5.06. The number of ether oxygens (including phenoxy) is 2. The van der Waals surface area contributed by atoms with Crippen molar-refractivity contribution in [2.24, 2.45) is 0 Å². The Hall–Kier alpha value is -1.76. The van der Waals surface area contributed by atoms with Gasteiger partial charge in [-0.2, -0.15) is 0 Å². The van der Waals surface area contributed by atoms with Crippen molar-refractivity contribution >= 4 is 34.0 Å². The van der Waals surface area contributed by atoms with Gasteiger partial charge in [0.2, 0.25) is 0 Å². The number of hydrogen-bond donors (Lipinski definition) is 2. The first-order valence-electron chi connectivity index (χ1n) is 6.48. The van der Waals surface area contributed by atoms with Gasteiger partial charge in [-0.3, -0.25) is 0 Å². The first kappa shape index (κ1) is 16.3. The standard InChI is InChI=1S/C13H20N2O4S/c1-4-6-7-15-11-8(12(16)19-5-2)9(14)10(20-11)13(17)18-3/h15H,4-7,14H2,1-3H3. The molecule has 0 amide bonds. The molecule has 0 saturated heterocycles. The first-order chi connectivity index (χ1) is 9.56. The van der Waals surface area contributed by atoms with Gasteiger partial charge in [0.1, 0.15) is 15.4 Å². The lowest BCUT2D eigenvalue weighted by atomic mass is 10.2. The zero-order valence-corrected chi connectivity index (χ0v) is 12.8. The van der Waals surface area contributed by atoms with Crippen LogP contribution >= 0.6 is 11.3 Å². The maximum Gasteiger partial charge on any atom is 0.350 e. The minimum absolute atomic E-state index is 0.110. The SMILES string of the molecule is CCCCNc1sc(C(=O)OC)c(N)c1C(=O)OCC. The number of methoxy groups -OCH3 is 1. The minimum Gasteiger partial charge on any atom is -0.465 e. The molecule has 0 saturated carbocycles. The summed E-state index contributed by atoms with van der Waals surface area (Å²) in [7, 11) is 1.27. The smallest absolute Gasteiger partial charge is 0.350 e. The Balaban J connectivity index is 3.11. The van der Waals surface area contributed by atoms with Gasteiger partial charge in [0, 0.05) is 6.54 Å². The molecule has 0 fully saturated rings. The predicted molar refractivity (Wildman–Crippen MR) is 79.4 cm³/mol. The van der Waals surface area contributed by atoms with Crippen LogP contribution in [0.25, 0.3) is 0 Å². The molecule has 0 atom stereocenters. The molecule has 0 radical (unpaired) electrons. The van der Waals surface area contributed by atoms with Crippen molar-refractivity contribution in [1.82, 2.24) is 0 Å². The van der Waals surface area contributed by atoms with E-state index in [1.165, 1.54) is 7.11 Å². The van der Waals surface area contributed by atoms with Gasteiger partial charge in [0.25, 0.3) is 0 Å². The number of esters is 2. The molecule has 0 aromatic carbocycles. The van der Waals surface area contributed by atoms with Crippen molar-refractivity contribution in [3.8, 4) is 0 Å². The number of unbranched alkanes of at least 4 members (excludes halogenated alkanes) is 1. The molecule has 0 spiro atoms. The number of hydrogen-bond acceptors (Lipinski definition) is 7. The van der Waals surface area contributed by atoms with Gasteiger partial charge >= 0.3 is 11.9 Å². The van der Waals surface area contributed by atoms with Gasteiger partial charge in [0.15, 0.2) is 0 Å². The van der Waals surface area contributed by atoms with Crippen molar-refractivity contribution in [1.29, 1.82) is 0 Å². The molecular formula is C13H20N2O4S. The van der Waals surface area contributed by atoms with E-state index >= 15 is 0 Å². The summed E-state index contributed by atoms with van der Waals surface area (Å²) in [5.74, 6) is -1.09. The van der Waals surface area contributed by atoms with Crippen LogP contribution < -0.4 is 11.1 Å². The van der Waals surface area contributed by atoms with Gasteiger partial charge in [-0.15, -0.1) is 11.3 Å². The second-order valence-electron chi connectivity index (χ2n) is 4.04. The van der Waals surface area contributed by atoms with Crippen LogP contribution in [0, 0.1) is 0 Å². The van der Waals surface area contributed by atoms with Crippen LogP contribution in [0.1, 0.15) is 46.7 Å². The van der Waals surface area contributed by atoms with Crippen LogP contribution in [0.3, 0.4) is 0 Å². The lowest BCUT2D eigenvalue weighted by Gasteiger charge is -2.06. The average molecular weight is 300 g/mol. The van der Waals surface area contributed by atoms with E-state index in [-0.39, 0.29) is 22.7 Å². The zero-order valence-electron chi connectivity index (χ0n) is 11.9. The Bertz CT molecular complexity index is 485. The topological polar surface area (TPSA) is 90.6 Å². The van der Waals surface area contributed by atoms with E-state index < -0.39 is 11.9 Å². The molecule has 0 aliphatic heterocycles. The molecule has 1 heterocycles. The summed E-state index contributed by atoms with van der Waals surface area (Å²) in [4.78, 5) is 23.8. The number of thiophene rings is 1. The van der Waals surface area contributed by atoms with Crippen molar-refractivity contribution in [2.45, 2.75) is 26.7 Å². The van der Waals surface area contributed by atoms with Crippen LogP contribution in [-0.4, -0.2) is 32.2 Å². The number of carbonyl (C=O) groups excluding carboxylic acids is 2. The third-order valence-electron chi connectivity index (χ3n) is 2.61. The fourth-order valence-electron chi connectivity index (χ4n) is 1.60. The van der Waals surface area contributed by atoms with Gasteiger partial charge < -0.3 is 20.5 Å². The number of nitrogens with one attached hydrogen (secondary N) is 1. The maximum absolute atomic E-state index is 12.0. The van der Waals surface area contributed by atoms with E-state index in [2.05, 4.69) is 17.0 Å². The summed E-state index contributed by atoms with van der Waals surface area (Å²) in [5, 5.41) is 3.67. The van der Waals surface area contributed by atoms with Crippen molar-refractivity contribution < 1.29 is 19.1 Å². The average Bonchev–Trinajstić information content (AvgIpc) is 2.75. The second kappa shape index (κ2) is 7.74. The number of carbonyl (C=O) groups is 2. The number of anilines is 2. The Morgan fingerprint density at radius 1 is 1.30 bits per heavy atom. The Kier molecular flexibility index (Phi) is 6.30. The number of nitrogens with two attached hydrogens (primary N) is 1. The molecule has 6 nitrogen and oxygen atoms in total. The van der Waals surface area contributed by atoms with E-state index in [0.717, 1.165) is 24.2 Å². The highest BCUT2D eigenvalue weighted by molar-refractivity contribution is 7.19. The summed E-state index contributed by atoms with van der Waals surface area (Å²) in [6.45, 7) is 4.72. The predicted octanol–water partition coefficient (Wildman–Crippen LogP) is 2.51. The van der Waals surface area contributed by atoms with Crippen molar-refractivity contribution in [3.63, 3.8) is 0 Å². The van der Waals surface area contributed by atoms with E-state index in [0.29, 0.717) is 11.5 Å². The fraction of sp³-hybridized carbons (Fsp3) is 0.538. The highest BCUT2D eigenvalue weighted by Gasteiger charge is 2.26. The van der Waals surface area contributed by atoms with Gasteiger partial charge in [-0.05, 0) is 13.3 Å². The van der Waals surface area contributed by atoms with Crippen molar-refractivity contribution in [3.05, 3.63) is 10.4 Å². The monoisotopic (exact) mass is 300 g/mol. The van der Waals surface area contributed by atoms with E-state index in [4.69, 9.17) is 10.5 Å². The van der Waals surface area contributed by atoms with Crippen LogP contribution in [-0.2, 0) is 9.47 Å². The summed E-state index contributed by atoms with van der Waals surface area (Å²) < 4.78 is 9.64.